The van der Waals surface area contributed by atoms with Crippen LogP contribution < -0.4 is 22.3 Å². The lowest BCUT2D eigenvalue weighted by atomic mass is 10.2. The van der Waals surface area contributed by atoms with Gasteiger partial charge in [0.25, 0.3) is 5.56 Å². The molecule has 0 saturated heterocycles. The van der Waals surface area contributed by atoms with E-state index >= 15 is 0 Å². The van der Waals surface area contributed by atoms with Crippen LogP contribution in [0.25, 0.3) is 16.7 Å². The van der Waals surface area contributed by atoms with E-state index in [1.807, 2.05) is 0 Å². The van der Waals surface area contributed by atoms with E-state index < -0.39 is 11.6 Å². The SMILES string of the molecule is CC(Nc1nc(N)nc(N)c1Cl)c1nc2cccc(Cl)c2c(=O)n1-c1cc(Cl)[nH]n1. The van der Waals surface area contributed by atoms with E-state index in [0.717, 1.165) is 0 Å². The fraction of sp³-hybridized carbons (Fsp3) is 0.118. The number of aromatic nitrogens is 6. The van der Waals surface area contributed by atoms with Gasteiger partial charge in [-0.05, 0) is 19.1 Å². The molecule has 10 nitrogen and oxygen atoms in total. The van der Waals surface area contributed by atoms with Crippen molar-refractivity contribution in [2.45, 2.75) is 13.0 Å². The van der Waals surface area contributed by atoms with E-state index in [1.54, 1.807) is 25.1 Å². The summed E-state index contributed by atoms with van der Waals surface area (Å²) in [4.78, 5) is 25.8. The number of nitrogen functional groups attached to an aromatic ring is 2. The van der Waals surface area contributed by atoms with Crippen molar-refractivity contribution >= 4 is 63.3 Å². The molecule has 0 aliphatic rings. The largest absolute Gasteiger partial charge is 0.382 e. The van der Waals surface area contributed by atoms with Crippen molar-refractivity contribution in [1.29, 1.82) is 0 Å². The molecule has 4 aromatic rings. The minimum Gasteiger partial charge on any atom is -0.382 e. The van der Waals surface area contributed by atoms with Crippen LogP contribution in [-0.2, 0) is 0 Å². The molecular weight excluding hydrogens is 453 g/mol. The number of nitrogens with two attached hydrogens (primary N) is 2. The van der Waals surface area contributed by atoms with Crippen LogP contribution in [0.1, 0.15) is 18.8 Å². The zero-order chi connectivity index (χ0) is 21.6. The standard InChI is InChI=1S/C17H14Cl3N9O/c1-6(23-14-12(20)13(21)25-17(22)26-14)15-24-8-4-2-3-7(18)11(8)16(30)29(15)10-5-9(19)27-28-10/h2-6H,1H3,(H,27,28)(H5,21,22,23,25,26). The molecule has 3 aromatic heterocycles. The summed E-state index contributed by atoms with van der Waals surface area (Å²) in [5.74, 6) is 0.719. The van der Waals surface area contributed by atoms with Gasteiger partial charge in [0.15, 0.2) is 11.6 Å². The molecule has 1 unspecified atom stereocenters. The summed E-state index contributed by atoms with van der Waals surface area (Å²) < 4.78 is 1.30. The number of rotatable bonds is 4. The molecule has 0 spiro atoms. The number of fused-ring (bicyclic) bond motifs is 1. The quantitative estimate of drug-likeness (QED) is 0.357. The van der Waals surface area contributed by atoms with Gasteiger partial charge in [0.05, 0.1) is 22.0 Å². The van der Waals surface area contributed by atoms with Crippen molar-refractivity contribution in [2.24, 2.45) is 0 Å². The first-order valence-electron chi connectivity index (χ1n) is 8.53. The first kappa shape index (κ1) is 20.2. The van der Waals surface area contributed by atoms with Crippen LogP contribution in [0, 0.1) is 0 Å². The number of nitrogens with one attached hydrogen (secondary N) is 2. The van der Waals surface area contributed by atoms with Gasteiger partial charge in [0.1, 0.15) is 21.8 Å². The summed E-state index contributed by atoms with van der Waals surface area (Å²) in [6.07, 6.45) is 0. The summed E-state index contributed by atoms with van der Waals surface area (Å²) in [5, 5.41) is 10.6. The number of halogens is 3. The molecule has 30 heavy (non-hydrogen) atoms. The second kappa shape index (κ2) is 7.63. The van der Waals surface area contributed by atoms with Crippen LogP contribution in [0.5, 0.6) is 0 Å². The Hall–Kier alpha value is -3.08. The van der Waals surface area contributed by atoms with Gasteiger partial charge in [-0.3, -0.25) is 9.89 Å². The molecular formula is C17H14Cl3N9O. The maximum Gasteiger partial charge on any atom is 0.268 e. The van der Waals surface area contributed by atoms with Crippen molar-refractivity contribution in [3.05, 3.63) is 55.6 Å². The monoisotopic (exact) mass is 465 g/mol. The molecule has 1 aromatic carbocycles. The molecule has 4 rings (SSSR count). The Morgan fingerprint density at radius 2 is 1.93 bits per heavy atom. The number of hydrogen-bond donors (Lipinski definition) is 4. The summed E-state index contributed by atoms with van der Waals surface area (Å²) >= 11 is 18.4. The van der Waals surface area contributed by atoms with Crippen LogP contribution in [0.15, 0.2) is 29.1 Å². The second-order valence-electron chi connectivity index (χ2n) is 6.31. The lowest BCUT2D eigenvalue weighted by molar-refractivity contribution is 0.720. The number of hydrogen-bond acceptors (Lipinski definition) is 8. The van der Waals surface area contributed by atoms with Gasteiger partial charge >= 0.3 is 0 Å². The Bertz CT molecular complexity index is 1330. The highest BCUT2D eigenvalue weighted by atomic mass is 35.5. The molecule has 0 amide bonds. The average molecular weight is 467 g/mol. The molecule has 0 saturated carbocycles. The van der Waals surface area contributed by atoms with E-state index in [4.69, 9.17) is 46.3 Å². The van der Waals surface area contributed by atoms with Gasteiger partial charge in [-0.1, -0.05) is 40.9 Å². The molecule has 6 N–H and O–H groups in total. The van der Waals surface area contributed by atoms with E-state index in [2.05, 4.69) is 30.5 Å². The fourth-order valence-corrected chi connectivity index (χ4v) is 3.50. The smallest absolute Gasteiger partial charge is 0.268 e. The molecule has 0 aliphatic carbocycles. The zero-order valence-electron chi connectivity index (χ0n) is 15.3. The Labute approximate surface area is 184 Å². The van der Waals surface area contributed by atoms with E-state index in [1.165, 1.54) is 10.6 Å². The molecule has 13 heteroatoms. The number of benzene rings is 1. The highest BCUT2D eigenvalue weighted by Gasteiger charge is 2.22. The fourth-order valence-electron chi connectivity index (χ4n) is 2.97. The van der Waals surface area contributed by atoms with E-state index in [-0.39, 0.29) is 44.0 Å². The number of H-pyrrole nitrogens is 1. The molecule has 0 bridgehead atoms. The van der Waals surface area contributed by atoms with Gasteiger partial charge in [-0.25, -0.2) is 9.55 Å². The normalized spacial score (nSPS) is 12.3. The third-order valence-corrected chi connectivity index (χ3v) is 5.15. The lowest BCUT2D eigenvalue weighted by Crippen LogP contribution is -2.28. The topological polar surface area (TPSA) is 153 Å². The van der Waals surface area contributed by atoms with Crippen molar-refractivity contribution in [3.8, 4) is 5.82 Å². The summed E-state index contributed by atoms with van der Waals surface area (Å²) in [6.45, 7) is 1.76. The van der Waals surface area contributed by atoms with Gasteiger partial charge in [-0.2, -0.15) is 15.1 Å². The first-order chi connectivity index (χ1) is 14.3. The molecule has 0 fully saturated rings. The molecule has 0 aliphatic heterocycles. The first-order valence-corrected chi connectivity index (χ1v) is 9.67. The molecule has 154 valence electrons. The third-order valence-electron chi connectivity index (χ3n) is 4.27. The van der Waals surface area contributed by atoms with E-state index in [0.29, 0.717) is 11.3 Å². The summed E-state index contributed by atoms with van der Waals surface area (Å²) in [7, 11) is 0. The Morgan fingerprint density at radius 3 is 2.63 bits per heavy atom. The van der Waals surface area contributed by atoms with Gasteiger partial charge in [0, 0.05) is 6.07 Å². The van der Waals surface area contributed by atoms with Gasteiger partial charge in [-0.15, -0.1) is 0 Å². The van der Waals surface area contributed by atoms with Crippen LogP contribution in [0.2, 0.25) is 15.2 Å². The van der Waals surface area contributed by atoms with Crippen molar-refractivity contribution in [1.82, 2.24) is 29.7 Å². The van der Waals surface area contributed by atoms with Gasteiger partial charge < -0.3 is 16.8 Å². The van der Waals surface area contributed by atoms with Crippen LogP contribution >= 0.6 is 34.8 Å². The third kappa shape index (κ3) is 3.49. The van der Waals surface area contributed by atoms with Crippen molar-refractivity contribution in [2.75, 3.05) is 16.8 Å². The minimum absolute atomic E-state index is 0.0218. The molecule has 3 heterocycles. The maximum absolute atomic E-state index is 13.3. The summed E-state index contributed by atoms with van der Waals surface area (Å²) in [6, 6.07) is 5.92. The van der Waals surface area contributed by atoms with Crippen molar-refractivity contribution in [3.63, 3.8) is 0 Å². The number of aromatic amines is 1. The van der Waals surface area contributed by atoms with Gasteiger partial charge in [0.2, 0.25) is 5.95 Å². The van der Waals surface area contributed by atoms with Crippen molar-refractivity contribution < 1.29 is 0 Å². The van der Waals surface area contributed by atoms with E-state index in [9.17, 15) is 4.79 Å². The van der Waals surface area contributed by atoms with Crippen LogP contribution in [-0.4, -0.2) is 29.7 Å². The Morgan fingerprint density at radius 1 is 1.17 bits per heavy atom. The predicted molar refractivity (Wildman–Crippen MR) is 117 cm³/mol. The molecule has 0 radical (unpaired) electrons. The lowest BCUT2D eigenvalue weighted by Gasteiger charge is -2.20. The Kier molecular flexibility index (Phi) is 5.14. The minimum atomic E-state index is -0.581. The second-order valence-corrected chi connectivity index (χ2v) is 7.51. The van der Waals surface area contributed by atoms with Crippen LogP contribution in [0.3, 0.4) is 0 Å². The Balaban J connectivity index is 1.92. The highest BCUT2D eigenvalue weighted by Crippen LogP contribution is 2.29. The average Bonchev–Trinajstić information content (AvgIpc) is 3.11. The zero-order valence-corrected chi connectivity index (χ0v) is 17.6. The number of anilines is 3. The predicted octanol–water partition coefficient (Wildman–Crippen LogP) is 3.20. The maximum atomic E-state index is 13.3. The highest BCUT2D eigenvalue weighted by molar-refractivity contribution is 6.35. The number of nitrogens with zero attached hydrogens (tertiary/aromatic N) is 5. The molecule has 1 atom stereocenters. The van der Waals surface area contributed by atoms with Crippen LogP contribution in [0.4, 0.5) is 17.6 Å². The summed E-state index contributed by atoms with van der Waals surface area (Å²) in [5.41, 5.74) is 11.4.